The van der Waals surface area contributed by atoms with Crippen LogP contribution in [0.2, 0.25) is 0 Å². The summed E-state index contributed by atoms with van der Waals surface area (Å²) in [5.41, 5.74) is 0.426. The fourth-order valence-electron chi connectivity index (χ4n) is 2.68. The van der Waals surface area contributed by atoms with Gasteiger partial charge in [-0.25, -0.2) is 0 Å². The molecular weight excluding hydrogens is 296 g/mol. The molecule has 0 aliphatic carbocycles. The molecule has 2 rings (SSSR count). The first-order chi connectivity index (χ1) is 11.0. The van der Waals surface area contributed by atoms with Crippen LogP contribution in [-0.4, -0.2) is 40.1 Å². The van der Waals surface area contributed by atoms with Crippen LogP contribution < -0.4 is 5.32 Å². The number of hydrogen-bond donors (Lipinski definition) is 3. The number of nitrogens with one attached hydrogen (secondary N) is 1. The Morgan fingerprint density at radius 1 is 1.17 bits per heavy atom. The molecule has 0 atom stereocenters. The van der Waals surface area contributed by atoms with Gasteiger partial charge in [-0.3, -0.25) is 14.5 Å². The number of benzene rings is 1. The Labute approximate surface area is 135 Å². The molecule has 1 aromatic carbocycles. The highest BCUT2D eigenvalue weighted by molar-refractivity contribution is 6.17. The summed E-state index contributed by atoms with van der Waals surface area (Å²) in [5, 5.41) is 22.6. The highest BCUT2D eigenvalue weighted by Crippen LogP contribution is 2.34. The SMILES string of the molecule is CCC(O)(CC)c1ccccc1NC1=CC(=O)N(CCO)C1=O. The van der Waals surface area contributed by atoms with E-state index in [9.17, 15) is 14.7 Å². The normalized spacial score (nSPS) is 15.1. The minimum absolute atomic E-state index is 0.0329. The molecule has 1 aliphatic rings. The van der Waals surface area contributed by atoms with Gasteiger partial charge in [0.15, 0.2) is 0 Å². The van der Waals surface area contributed by atoms with Crippen LogP contribution in [0.1, 0.15) is 32.3 Å². The molecule has 0 saturated heterocycles. The number of β-amino-alcohol motifs (C(OH)–C–C–N with tert-alkyl or cyclic N) is 1. The number of carbonyl (C=O) groups is 2. The lowest BCUT2D eigenvalue weighted by Gasteiger charge is -2.28. The van der Waals surface area contributed by atoms with Gasteiger partial charge in [0, 0.05) is 17.3 Å². The lowest BCUT2D eigenvalue weighted by atomic mass is 9.87. The molecule has 0 spiro atoms. The summed E-state index contributed by atoms with van der Waals surface area (Å²) >= 11 is 0. The Bertz CT molecular complexity index is 635. The van der Waals surface area contributed by atoms with E-state index < -0.39 is 17.4 Å². The van der Waals surface area contributed by atoms with Crippen molar-refractivity contribution in [3.8, 4) is 0 Å². The molecule has 0 saturated carbocycles. The zero-order valence-corrected chi connectivity index (χ0v) is 13.4. The zero-order valence-electron chi connectivity index (χ0n) is 13.4. The fourth-order valence-corrected chi connectivity index (χ4v) is 2.68. The predicted octanol–water partition coefficient (Wildman–Crippen LogP) is 1.35. The van der Waals surface area contributed by atoms with Gasteiger partial charge in [-0.2, -0.15) is 0 Å². The quantitative estimate of drug-likeness (QED) is 0.660. The van der Waals surface area contributed by atoms with Gasteiger partial charge in [-0.05, 0) is 18.9 Å². The number of imide groups is 1. The third-order valence-corrected chi connectivity index (χ3v) is 4.20. The largest absolute Gasteiger partial charge is 0.395 e. The molecule has 2 amide bonds. The number of amides is 2. The van der Waals surface area contributed by atoms with E-state index in [0.29, 0.717) is 24.1 Å². The van der Waals surface area contributed by atoms with Crippen LogP contribution >= 0.6 is 0 Å². The van der Waals surface area contributed by atoms with E-state index in [1.165, 1.54) is 6.08 Å². The number of aliphatic hydroxyl groups is 2. The van der Waals surface area contributed by atoms with Crippen molar-refractivity contribution >= 4 is 17.5 Å². The second kappa shape index (κ2) is 6.93. The average Bonchev–Trinajstić information content (AvgIpc) is 2.82. The minimum Gasteiger partial charge on any atom is -0.395 e. The minimum atomic E-state index is -0.999. The molecule has 6 nitrogen and oxygen atoms in total. The Kier molecular flexibility index (Phi) is 5.18. The number of anilines is 1. The fraction of sp³-hybridized carbons (Fsp3) is 0.412. The van der Waals surface area contributed by atoms with E-state index in [2.05, 4.69) is 5.32 Å². The molecule has 0 fully saturated rings. The summed E-state index contributed by atoms with van der Waals surface area (Å²) in [6, 6.07) is 7.19. The van der Waals surface area contributed by atoms with Crippen molar-refractivity contribution < 1.29 is 19.8 Å². The number of aliphatic hydroxyl groups excluding tert-OH is 1. The molecule has 0 unspecified atom stereocenters. The van der Waals surface area contributed by atoms with Crippen molar-refractivity contribution in [2.45, 2.75) is 32.3 Å². The number of para-hydroxylation sites is 1. The number of rotatable bonds is 7. The molecule has 3 N–H and O–H groups in total. The van der Waals surface area contributed by atoms with Crippen LogP contribution in [0.3, 0.4) is 0 Å². The molecule has 0 bridgehead atoms. The maximum absolute atomic E-state index is 12.2. The lowest BCUT2D eigenvalue weighted by molar-refractivity contribution is -0.137. The molecule has 6 heteroatoms. The first-order valence-electron chi connectivity index (χ1n) is 7.74. The smallest absolute Gasteiger partial charge is 0.277 e. The second-order valence-electron chi connectivity index (χ2n) is 5.49. The van der Waals surface area contributed by atoms with Gasteiger partial charge in [0.2, 0.25) is 0 Å². The summed E-state index contributed by atoms with van der Waals surface area (Å²) in [5.74, 6) is -0.930. The van der Waals surface area contributed by atoms with Gasteiger partial charge >= 0.3 is 0 Å². The molecular formula is C17H22N2O4. The van der Waals surface area contributed by atoms with Crippen LogP contribution in [0.25, 0.3) is 0 Å². The topological polar surface area (TPSA) is 89.9 Å². The van der Waals surface area contributed by atoms with Gasteiger partial charge in [-0.1, -0.05) is 32.0 Å². The average molecular weight is 318 g/mol. The maximum atomic E-state index is 12.2. The van der Waals surface area contributed by atoms with Crippen LogP contribution in [0.4, 0.5) is 5.69 Å². The summed E-state index contributed by atoms with van der Waals surface area (Å²) in [6.07, 6.45) is 2.28. The van der Waals surface area contributed by atoms with Crippen molar-refractivity contribution in [1.82, 2.24) is 4.90 Å². The monoisotopic (exact) mass is 318 g/mol. The Morgan fingerprint density at radius 2 is 1.83 bits per heavy atom. The van der Waals surface area contributed by atoms with Gasteiger partial charge < -0.3 is 15.5 Å². The van der Waals surface area contributed by atoms with Gasteiger partial charge in [0.25, 0.3) is 11.8 Å². The molecule has 1 heterocycles. The molecule has 0 aromatic heterocycles. The third-order valence-electron chi connectivity index (χ3n) is 4.20. The summed E-state index contributed by atoms with van der Waals surface area (Å²) in [7, 11) is 0. The highest BCUT2D eigenvalue weighted by atomic mass is 16.3. The van der Waals surface area contributed by atoms with Crippen molar-refractivity contribution in [2.75, 3.05) is 18.5 Å². The van der Waals surface area contributed by atoms with Crippen LogP contribution in [-0.2, 0) is 15.2 Å². The van der Waals surface area contributed by atoms with Crippen molar-refractivity contribution in [2.24, 2.45) is 0 Å². The van der Waals surface area contributed by atoms with E-state index in [1.54, 1.807) is 12.1 Å². The van der Waals surface area contributed by atoms with E-state index in [0.717, 1.165) is 4.90 Å². The molecule has 23 heavy (non-hydrogen) atoms. The molecule has 0 radical (unpaired) electrons. The number of nitrogens with zero attached hydrogens (tertiary/aromatic N) is 1. The van der Waals surface area contributed by atoms with E-state index >= 15 is 0 Å². The van der Waals surface area contributed by atoms with Crippen molar-refractivity contribution in [3.63, 3.8) is 0 Å². The third kappa shape index (κ3) is 3.28. The molecule has 124 valence electrons. The van der Waals surface area contributed by atoms with Crippen LogP contribution in [0.5, 0.6) is 0 Å². The van der Waals surface area contributed by atoms with Crippen molar-refractivity contribution in [3.05, 3.63) is 41.6 Å². The van der Waals surface area contributed by atoms with E-state index in [-0.39, 0.29) is 18.8 Å². The summed E-state index contributed by atoms with van der Waals surface area (Å²) in [6.45, 7) is 3.48. The van der Waals surface area contributed by atoms with Crippen LogP contribution in [0, 0.1) is 0 Å². The number of carbonyl (C=O) groups excluding carboxylic acids is 2. The summed E-state index contributed by atoms with van der Waals surface area (Å²) < 4.78 is 0. The molecule has 1 aliphatic heterocycles. The van der Waals surface area contributed by atoms with Gasteiger partial charge in [-0.15, -0.1) is 0 Å². The molecule has 1 aromatic rings. The highest BCUT2D eigenvalue weighted by Gasteiger charge is 2.32. The second-order valence-corrected chi connectivity index (χ2v) is 5.49. The summed E-state index contributed by atoms with van der Waals surface area (Å²) in [4.78, 5) is 25.0. The van der Waals surface area contributed by atoms with Crippen molar-refractivity contribution in [1.29, 1.82) is 0 Å². The standard InChI is InChI=1S/C17H22N2O4/c1-3-17(23,4-2)12-7-5-6-8-13(12)18-14-11-15(21)19(9-10-20)16(14)22/h5-8,11,18,20,23H,3-4,9-10H2,1-2H3. The Balaban J connectivity index is 2.30. The Morgan fingerprint density at radius 3 is 2.43 bits per heavy atom. The first kappa shape index (κ1) is 17.2. The van der Waals surface area contributed by atoms with Crippen LogP contribution in [0.15, 0.2) is 36.0 Å². The zero-order chi connectivity index (χ0) is 17.0. The van der Waals surface area contributed by atoms with Gasteiger partial charge in [0.1, 0.15) is 5.70 Å². The number of hydrogen-bond acceptors (Lipinski definition) is 5. The predicted molar refractivity (Wildman–Crippen MR) is 86.4 cm³/mol. The van der Waals surface area contributed by atoms with E-state index in [1.807, 2.05) is 26.0 Å². The Hall–Kier alpha value is -2.18. The van der Waals surface area contributed by atoms with Gasteiger partial charge in [0.05, 0.1) is 18.8 Å². The maximum Gasteiger partial charge on any atom is 0.277 e. The first-order valence-corrected chi connectivity index (χ1v) is 7.74. The van der Waals surface area contributed by atoms with E-state index in [4.69, 9.17) is 5.11 Å². The lowest BCUT2D eigenvalue weighted by Crippen LogP contribution is -2.34.